The maximum absolute atomic E-state index is 13.2. The molecule has 150 valence electrons. The van der Waals surface area contributed by atoms with E-state index in [4.69, 9.17) is 9.47 Å². The average molecular weight is 397 g/mol. The molecule has 0 N–H and O–H groups in total. The molecule has 2 atom stereocenters. The first-order valence-electron chi connectivity index (χ1n) is 8.94. The Morgan fingerprint density at radius 1 is 1.19 bits per heavy atom. The highest BCUT2D eigenvalue weighted by Gasteiger charge is 2.43. The lowest BCUT2D eigenvalue weighted by molar-refractivity contribution is -0.162. The molecule has 1 aromatic carbocycles. The van der Waals surface area contributed by atoms with Gasteiger partial charge in [0.2, 0.25) is 10.0 Å². The van der Waals surface area contributed by atoms with Crippen molar-refractivity contribution >= 4 is 22.3 Å². The van der Waals surface area contributed by atoms with E-state index in [2.05, 4.69) is 0 Å². The molecule has 8 heteroatoms. The van der Waals surface area contributed by atoms with Crippen LogP contribution in [0.15, 0.2) is 29.2 Å². The summed E-state index contributed by atoms with van der Waals surface area (Å²) in [5.74, 6) is -0.909. The van der Waals surface area contributed by atoms with Gasteiger partial charge in [-0.1, -0.05) is 6.42 Å². The maximum Gasteiger partial charge on any atom is 0.325 e. The van der Waals surface area contributed by atoms with Gasteiger partial charge in [-0.3, -0.25) is 4.79 Å². The Kier molecular flexibility index (Phi) is 6.64. The molecular formula is C19H27NO6S. The smallest absolute Gasteiger partial charge is 0.325 e. The standard InChI is InChI=1S/C19H27NO6S/c1-19(2,3)26-18(22)17-14(13-21)7-5-6-12-20(17)27(23,24)16-10-8-15(25-4)9-11-16/h8-11,13-14,17H,5-7,12H2,1-4H3. The zero-order chi connectivity index (χ0) is 20.2. The number of rotatable bonds is 5. The van der Waals surface area contributed by atoms with Crippen LogP contribution in [-0.4, -0.2) is 50.3 Å². The number of sulfonamides is 1. The number of carbonyl (C=O) groups is 2. The number of carbonyl (C=O) groups excluding carboxylic acids is 2. The van der Waals surface area contributed by atoms with E-state index in [-0.39, 0.29) is 11.4 Å². The predicted octanol–water partition coefficient (Wildman–Crippen LogP) is 2.40. The van der Waals surface area contributed by atoms with Crippen LogP contribution in [-0.2, 0) is 24.3 Å². The van der Waals surface area contributed by atoms with Gasteiger partial charge in [0.25, 0.3) is 0 Å². The Hall–Kier alpha value is -1.93. The van der Waals surface area contributed by atoms with Gasteiger partial charge in [-0.2, -0.15) is 4.31 Å². The van der Waals surface area contributed by atoms with Crippen LogP contribution in [0.5, 0.6) is 5.75 Å². The second kappa shape index (κ2) is 8.39. The zero-order valence-electron chi connectivity index (χ0n) is 16.2. The summed E-state index contributed by atoms with van der Waals surface area (Å²) in [6.07, 6.45) is 2.34. The van der Waals surface area contributed by atoms with Gasteiger partial charge in [-0.25, -0.2) is 8.42 Å². The number of hydrogen-bond acceptors (Lipinski definition) is 6. The third-order valence-electron chi connectivity index (χ3n) is 4.37. The average Bonchev–Trinajstić information content (AvgIpc) is 2.83. The van der Waals surface area contributed by atoms with Crippen LogP contribution in [0.3, 0.4) is 0 Å². The number of esters is 1. The summed E-state index contributed by atoms with van der Waals surface area (Å²) < 4.78 is 38.1. The van der Waals surface area contributed by atoms with Crippen molar-refractivity contribution in [3.05, 3.63) is 24.3 Å². The van der Waals surface area contributed by atoms with E-state index in [9.17, 15) is 18.0 Å². The number of benzene rings is 1. The molecule has 0 aliphatic carbocycles. The van der Waals surface area contributed by atoms with Gasteiger partial charge in [-0.05, 0) is 57.9 Å². The minimum atomic E-state index is -3.99. The zero-order valence-corrected chi connectivity index (χ0v) is 17.0. The van der Waals surface area contributed by atoms with E-state index in [1.165, 1.54) is 19.2 Å². The summed E-state index contributed by atoms with van der Waals surface area (Å²) in [5.41, 5.74) is -0.785. The van der Waals surface area contributed by atoms with Crippen molar-refractivity contribution in [2.24, 2.45) is 5.92 Å². The van der Waals surface area contributed by atoms with E-state index in [0.29, 0.717) is 31.3 Å². The molecular weight excluding hydrogens is 370 g/mol. The first-order valence-corrected chi connectivity index (χ1v) is 10.4. The fraction of sp³-hybridized carbons (Fsp3) is 0.579. The van der Waals surface area contributed by atoms with Gasteiger partial charge >= 0.3 is 5.97 Å². The molecule has 1 heterocycles. The van der Waals surface area contributed by atoms with Crippen molar-refractivity contribution in [3.63, 3.8) is 0 Å². The van der Waals surface area contributed by atoms with E-state index in [1.807, 2.05) is 0 Å². The van der Waals surface area contributed by atoms with E-state index >= 15 is 0 Å². The molecule has 2 rings (SSSR count). The number of nitrogens with zero attached hydrogens (tertiary/aromatic N) is 1. The van der Waals surface area contributed by atoms with Gasteiger partial charge in [0.05, 0.1) is 12.0 Å². The summed E-state index contributed by atoms with van der Waals surface area (Å²) in [6, 6.07) is 4.79. The number of ether oxygens (including phenoxy) is 2. The van der Waals surface area contributed by atoms with E-state index in [1.54, 1.807) is 32.9 Å². The van der Waals surface area contributed by atoms with Crippen LogP contribution in [0.2, 0.25) is 0 Å². The van der Waals surface area contributed by atoms with Crippen LogP contribution in [0, 0.1) is 5.92 Å². The molecule has 27 heavy (non-hydrogen) atoms. The van der Waals surface area contributed by atoms with Gasteiger partial charge in [0.15, 0.2) is 0 Å². The fourth-order valence-electron chi connectivity index (χ4n) is 3.11. The highest BCUT2D eigenvalue weighted by atomic mass is 32.2. The van der Waals surface area contributed by atoms with Gasteiger partial charge in [-0.15, -0.1) is 0 Å². The number of hydrogen-bond donors (Lipinski definition) is 0. The van der Waals surface area contributed by atoms with Crippen molar-refractivity contribution in [1.82, 2.24) is 4.31 Å². The molecule has 0 saturated carbocycles. The molecule has 1 aromatic rings. The van der Waals surface area contributed by atoms with Crippen molar-refractivity contribution in [2.45, 2.75) is 56.6 Å². The molecule has 7 nitrogen and oxygen atoms in total. The normalized spacial score (nSPS) is 21.9. The maximum atomic E-state index is 13.2. The quantitative estimate of drug-likeness (QED) is 0.560. The number of aldehydes is 1. The molecule has 1 aliphatic heterocycles. The monoisotopic (exact) mass is 397 g/mol. The third-order valence-corrected chi connectivity index (χ3v) is 6.27. The highest BCUT2D eigenvalue weighted by molar-refractivity contribution is 7.89. The Bertz CT molecular complexity index is 766. The Morgan fingerprint density at radius 2 is 1.81 bits per heavy atom. The van der Waals surface area contributed by atoms with E-state index < -0.39 is 33.6 Å². The van der Waals surface area contributed by atoms with Crippen LogP contribution in [0.1, 0.15) is 40.0 Å². The molecule has 0 amide bonds. The van der Waals surface area contributed by atoms with Crippen LogP contribution < -0.4 is 4.74 Å². The van der Waals surface area contributed by atoms with Crippen LogP contribution >= 0.6 is 0 Å². The molecule has 1 fully saturated rings. The Labute approximate surface area is 160 Å². The molecule has 1 aliphatic rings. The minimum Gasteiger partial charge on any atom is -0.497 e. The summed E-state index contributed by atoms with van der Waals surface area (Å²) in [4.78, 5) is 24.5. The summed E-state index contributed by atoms with van der Waals surface area (Å²) in [6.45, 7) is 5.28. The lowest BCUT2D eigenvalue weighted by Crippen LogP contribution is -2.51. The minimum absolute atomic E-state index is 0.0448. The van der Waals surface area contributed by atoms with Crippen molar-refractivity contribution in [3.8, 4) is 5.75 Å². The molecule has 2 unspecified atom stereocenters. The van der Waals surface area contributed by atoms with Crippen molar-refractivity contribution in [1.29, 1.82) is 0 Å². The lowest BCUT2D eigenvalue weighted by atomic mass is 9.97. The summed E-state index contributed by atoms with van der Waals surface area (Å²) >= 11 is 0. The van der Waals surface area contributed by atoms with Crippen molar-refractivity contribution < 1.29 is 27.5 Å². The van der Waals surface area contributed by atoms with Gasteiger partial charge < -0.3 is 14.3 Å². The second-order valence-electron chi connectivity index (χ2n) is 7.57. The summed E-state index contributed by atoms with van der Waals surface area (Å²) in [5, 5.41) is 0. The topological polar surface area (TPSA) is 90.0 Å². The molecule has 0 radical (unpaired) electrons. The fourth-order valence-corrected chi connectivity index (χ4v) is 4.77. The molecule has 0 aromatic heterocycles. The first kappa shape index (κ1) is 21.4. The van der Waals surface area contributed by atoms with E-state index in [0.717, 1.165) is 4.31 Å². The molecule has 0 bridgehead atoms. The van der Waals surface area contributed by atoms with Crippen LogP contribution in [0.4, 0.5) is 0 Å². The Morgan fingerprint density at radius 3 is 2.33 bits per heavy atom. The Balaban J connectivity index is 2.46. The second-order valence-corrected chi connectivity index (χ2v) is 9.46. The third kappa shape index (κ3) is 5.07. The largest absolute Gasteiger partial charge is 0.497 e. The summed E-state index contributed by atoms with van der Waals surface area (Å²) in [7, 11) is -2.49. The first-order chi connectivity index (χ1) is 12.6. The highest BCUT2D eigenvalue weighted by Crippen LogP contribution is 2.30. The van der Waals surface area contributed by atoms with Crippen LogP contribution in [0.25, 0.3) is 0 Å². The number of methoxy groups -OCH3 is 1. The predicted molar refractivity (Wildman–Crippen MR) is 99.9 cm³/mol. The molecule has 1 saturated heterocycles. The molecule has 0 spiro atoms. The lowest BCUT2D eigenvalue weighted by Gasteiger charge is -2.32. The van der Waals surface area contributed by atoms with Gasteiger partial charge in [0.1, 0.15) is 23.7 Å². The van der Waals surface area contributed by atoms with Crippen molar-refractivity contribution in [2.75, 3.05) is 13.7 Å². The SMILES string of the molecule is COc1ccc(S(=O)(=O)N2CCCCC(C=O)C2C(=O)OC(C)(C)C)cc1. The van der Waals surface area contributed by atoms with Gasteiger partial charge in [0, 0.05) is 12.5 Å².